The maximum Gasteiger partial charge on any atom is 0.160 e. The minimum absolute atomic E-state index is 0.119. The zero-order valence-electron chi connectivity index (χ0n) is 10.4. The number of aromatic nitrogens is 1. The molecule has 17 heavy (non-hydrogen) atoms. The van der Waals surface area contributed by atoms with Crippen LogP contribution in [0.5, 0.6) is 5.75 Å². The third-order valence-corrected chi connectivity index (χ3v) is 4.10. The number of pyridine rings is 1. The number of ether oxygens (including phenoxy) is 1. The third kappa shape index (κ3) is 4.22. The molecule has 6 heteroatoms. The van der Waals surface area contributed by atoms with Crippen LogP contribution in [0.15, 0.2) is 12.3 Å². The first-order valence-electron chi connectivity index (χ1n) is 5.43. The molecule has 0 fully saturated rings. The minimum Gasteiger partial charge on any atom is -0.493 e. The predicted molar refractivity (Wildman–Crippen MR) is 68.3 cm³/mol. The first-order chi connectivity index (χ1) is 7.98. The van der Waals surface area contributed by atoms with Crippen molar-refractivity contribution in [3.05, 3.63) is 18.0 Å². The lowest BCUT2D eigenvalue weighted by molar-refractivity contribution is 0.414. The summed E-state index contributed by atoms with van der Waals surface area (Å²) in [5.41, 5.74) is 1.62. The van der Waals surface area contributed by atoms with Gasteiger partial charge in [0.15, 0.2) is 15.6 Å². The molecule has 0 bridgehead atoms. The van der Waals surface area contributed by atoms with Gasteiger partial charge in [0.2, 0.25) is 0 Å². The summed E-state index contributed by atoms with van der Waals surface area (Å²) in [7, 11) is -1.38. The molecule has 0 saturated heterocycles. The summed E-state index contributed by atoms with van der Waals surface area (Å²) in [5.74, 6) is 0.902. The largest absolute Gasteiger partial charge is 0.493 e. The number of methoxy groups -OCH3 is 1. The first-order valence-corrected chi connectivity index (χ1v) is 7.25. The van der Waals surface area contributed by atoms with Gasteiger partial charge in [-0.1, -0.05) is 6.92 Å². The van der Waals surface area contributed by atoms with Gasteiger partial charge in [0.05, 0.1) is 24.7 Å². The lowest BCUT2D eigenvalue weighted by Gasteiger charge is -2.11. The van der Waals surface area contributed by atoms with E-state index in [4.69, 9.17) is 4.74 Å². The quantitative estimate of drug-likeness (QED) is 0.831. The van der Waals surface area contributed by atoms with Gasteiger partial charge in [-0.25, -0.2) is 8.42 Å². The minimum atomic E-state index is -2.94. The molecule has 1 heterocycles. The Kier molecular flexibility index (Phi) is 4.74. The molecule has 1 N–H and O–H groups in total. The van der Waals surface area contributed by atoms with Gasteiger partial charge in [0.25, 0.3) is 0 Å². The first kappa shape index (κ1) is 13.8. The van der Waals surface area contributed by atoms with Crippen molar-refractivity contribution in [2.75, 3.05) is 30.5 Å². The maximum atomic E-state index is 11.3. The molecule has 0 atom stereocenters. The molecule has 1 aromatic rings. The SMILES string of the molecule is CCS(=O)(=O)CCNc1cc(C)ncc1OC. The van der Waals surface area contributed by atoms with Crippen LogP contribution in [0.1, 0.15) is 12.6 Å². The summed E-state index contributed by atoms with van der Waals surface area (Å²) < 4.78 is 27.8. The van der Waals surface area contributed by atoms with E-state index in [9.17, 15) is 8.42 Å². The molecule has 0 amide bonds. The summed E-state index contributed by atoms with van der Waals surface area (Å²) in [6.45, 7) is 3.88. The second kappa shape index (κ2) is 5.86. The van der Waals surface area contributed by atoms with Crippen LogP contribution in [-0.4, -0.2) is 38.6 Å². The highest BCUT2D eigenvalue weighted by atomic mass is 32.2. The van der Waals surface area contributed by atoms with Gasteiger partial charge < -0.3 is 10.1 Å². The third-order valence-electron chi connectivity index (χ3n) is 2.39. The van der Waals surface area contributed by atoms with Crippen molar-refractivity contribution in [1.29, 1.82) is 0 Å². The Morgan fingerprint density at radius 1 is 1.47 bits per heavy atom. The zero-order chi connectivity index (χ0) is 12.9. The molecule has 0 spiro atoms. The Labute approximate surface area is 102 Å². The smallest absolute Gasteiger partial charge is 0.160 e. The number of hydrogen-bond acceptors (Lipinski definition) is 5. The Bertz CT molecular complexity index is 472. The van der Waals surface area contributed by atoms with Crippen LogP contribution in [0, 0.1) is 6.92 Å². The second-order valence-corrected chi connectivity index (χ2v) is 6.16. The van der Waals surface area contributed by atoms with E-state index in [0.717, 1.165) is 11.4 Å². The molecule has 0 aromatic carbocycles. The number of rotatable bonds is 6. The molecule has 0 saturated carbocycles. The van der Waals surface area contributed by atoms with E-state index in [1.807, 2.05) is 13.0 Å². The molecular weight excluding hydrogens is 240 g/mol. The van der Waals surface area contributed by atoms with E-state index >= 15 is 0 Å². The summed E-state index contributed by atoms with van der Waals surface area (Å²) in [4.78, 5) is 4.10. The van der Waals surface area contributed by atoms with Crippen LogP contribution < -0.4 is 10.1 Å². The van der Waals surface area contributed by atoms with Crippen LogP contribution in [0.2, 0.25) is 0 Å². The number of nitrogens with one attached hydrogen (secondary N) is 1. The number of nitrogens with zero attached hydrogens (tertiary/aromatic N) is 1. The van der Waals surface area contributed by atoms with Gasteiger partial charge in [-0.05, 0) is 13.0 Å². The Hall–Kier alpha value is -1.30. The fourth-order valence-electron chi connectivity index (χ4n) is 1.33. The molecule has 96 valence electrons. The Morgan fingerprint density at radius 3 is 2.76 bits per heavy atom. The van der Waals surface area contributed by atoms with Crippen molar-refractivity contribution in [3.8, 4) is 5.75 Å². The number of hydrogen-bond donors (Lipinski definition) is 1. The van der Waals surface area contributed by atoms with Crippen molar-refractivity contribution in [2.45, 2.75) is 13.8 Å². The highest BCUT2D eigenvalue weighted by molar-refractivity contribution is 7.91. The van der Waals surface area contributed by atoms with Gasteiger partial charge in [0.1, 0.15) is 0 Å². The van der Waals surface area contributed by atoms with Crippen molar-refractivity contribution < 1.29 is 13.2 Å². The molecule has 5 nitrogen and oxygen atoms in total. The van der Waals surface area contributed by atoms with Crippen molar-refractivity contribution in [1.82, 2.24) is 4.98 Å². The van der Waals surface area contributed by atoms with Crippen LogP contribution in [0.3, 0.4) is 0 Å². The molecule has 0 radical (unpaired) electrons. The molecule has 0 aliphatic rings. The molecule has 1 rings (SSSR count). The van der Waals surface area contributed by atoms with E-state index in [1.54, 1.807) is 20.2 Å². The predicted octanol–water partition coefficient (Wildman–Crippen LogP) is 1.25. The van der Waals surface area contributed by atoms with E-state index in [2.05, 4.69) is 10.3 Å². The second-order valence-electron chi connectivity index (χ2n) is 3.69. The van der Waals surface area contributed by atoms with Crippen LogP contribution in [0.4, 0.5) is 5.69 Å². The monoisotopic (exact) mass is 258 g/mol. The number of anilines is 1. The van der Waals surface area contributed by atoms with Gasteiger partial charge in [-0.2, -0.15) is 0 Å². The van der Waals surface area contributed by atoms with Gasteiger partial charge in [0, 0.05) is 18.0 Å². The molecule has 1 aromatic heterocycles. The average Bonchev–Trinajstić information content (AvgIpc) is 2.29. The van der Waals surface area contributed by atoms with E-state index in [0.29, 0.717) is 12.3 Å². The topological polar surface area (TPSA) is 68.3 Å². The van der Waals surface area contributed by atoms with E-state index < -0.39 is 9.84 Å². The summed E-state index contributed by atoms with van der Waals surface area (Å²) >= 11 is 0. The van der Waals surface area contributed by atoms with E-state index in [1.165, 1.54) is 0 Å². The van der Waals surface area contributed by atoms with Crippen LogP contribution >= 0.6 is 0 Å². The van der Waals surface area contributed by atoms with Crippen molar-refractivity contribution in [2.24, 2.45) is 0 Å². The molecule has 0 aliphatic heterocycles. The van der Waals surface area contributed by atoms with Gasteiger partial charge in [-0.3, -0.25) is 4.98 Å². The lowest BCUT2D eigenvalue weighted by atomic mass is 10.3. The van der Waals surface area contributed by atoms with Crippen LogP contribution in [0.25, 0.3) is 0 Å². The van der Waals surface area contributed by atoms with Crippen molar-refractivity contribution in [3.63, 3.8) is 0 Å². The van der Waals surface area contributed by atoms with Crippen LogP contribution in [-0.2, 0) is 9.84 Å². The van der Waals surface area contributed by atoms with Crippen molar-refractivity contribution >= 4 is 15.5 Å². The standard InChI is InChI=1S/C11H18N2O3S/c1-4-17(14,15)6-5-12-10-7-9(2)13-8-11(10)16-3/h7-8H,4-6H2,1-3H3,(H,12,13). The highest BCUT2D eigenvalue weighted by Gasteiger charge is 2.08. The number of sulfone groups is 1. The fraction of sp³-hybridized carbons (Fsp3) is 0.545. The Balaban J connectivity index is 2.66. The summed E-state index contributed by atoms with van der Waals surface area (Å²) in [6, 6.07) is 1.83. The molecular formula is C11H18N2O3S. The van der Waals surface area contributed by atoms with E-state index in [-0.39, 0.29) is 11.5 Å². The number of aryl methyl sites for hydroxylation is 1. The maximum absolute atomic E-state index is 11.3. The normalized spacial score (nSPS) is 11.2. The molecule has 0 aliphatic carbocycles. The zero-order valence-corrected chi connectivity index (χ0v) is 11.2. The lowest BCUT2D eigenvalue weighted by Crippen LogP contribution is -2.17. The highest BCUT2D eigenvalue weighted by Crippen LogP contribution is 2.23. The Morgan fingerprint density at radius 2 is 2.18 bits per heavy atom. The summed E-state index contributed by atoms with van der Waals surface area (Å²) in [6.07, 6.45) is 1.62. The van der Waals surface area contributed by atoms with Gasteiger partial charge >= 0.3 is 0 Å². The fourth-order valence-corrected chi connectivity index (χ4v) is 2.04. The average molecular weight is 258 g/mol. The summed E-state index contributed by atoms with van der Waals surface area (Å²) in [5, 5.41) is 3.05. The molecule has 0 unspecified atom stereocenters. The van der Waals surface area contributed by atoms with Gasteiger partial charge in [-0.15, -0.1) is 0 Å².